The highest BCUT2D eigenvalue weighted by atomic mass is 35.5. The maximum Gasteiger partial charge on any atom is 0.282 e. The van der Waals surface area contributed by atoms with Crippen LogP contribution in [-0.4, -0.2) is 36.1 Å². The predicted molar refractivity (Wildman–Crippen MR) is 140 cm³/mol. The Balaban J connectivity index is 1.72. The van der Waals surface area contributed by atoms with E-state index in [2.05, 4.69) is 5.32 Å². The van der Waals surface area contributed by atoms with Crippen LogP contribution in [0.25, 0.3) is 6.08 Å². The molecule has 0 radical (unpaired) electrons. The van der Waals surface area contributed by atoms with Crippen LogP contribution in [0.4, 0.5) is 11.4 Å². The number of carbonyl (C=O) groups excluding carboxylic acids is 2. The molecule has 4 rings (SSSR count). The van der Waals surface area contributed by atoms with Gasteiger partial charge in [-0.1, -0.05) is 29.8 Å². The number of nitro groups is 1. The highest BCUT2D eigenvalue weighted by Crippen LogP contribution is 2.43. The topological polar surface area (TPSA) is 120 Å². The fraction of sp³-hybridized carbons (Fsp3) is 0.0800. The quantitative estimate of drug-likeness (QED) is 0.148. The lowest BCUT2D eigenvalue weighted by Gasteiger charge is -2.29. The Morgan fingerprint density at radius 2 is 1.68 bits per heavy atom. The molecule has 0 bridgehead atoms. The van der Waals surface area contributed by atoms with Crippen LogP contribution in [0.1, 0.15) is 5.56 Å². The molecule has 188 valence electrons. The van der Waals surface area contributed by atoms with Crippen molar-refractivity contribution in [2.24, 2.45) is 0 Å². The zero-order valence-corrected chi connectivity index (χ0v) is 21.0. The molecule has 1 N–H and O–H groups in total. The van der Waals surface area contributed by atoms with E-state index in [0.29, 0.717) is 17.2 Å². The zero-order chi connectivity index (χ0) is 26.7. The van der Waals surface area contributed by atoms with Gasteiger partial charge >= 0.3 is 0 Å². The minimum Gasteiger partial charge on any atom is -0.493 e. The molecular weight excluding hydrogens is 522 g/mol. The van der Waals surface area contributed by atoms with Crippen molar-refractivity contribution in [1.82, 2.24) is 5.32 Å². The van der Waals surface area contributed by atoms with Crippen molar-refractivity contribution in [2.45, 2.75) is 0 Å². The van der Waals surface area contributed by atoms with Gasteiger partial charge in [-0.15, -0.1) is 0 Å². The van der Waals surface area contributed by atoms with Crippen LogP contribution in [0.3, 0.4) is 0 Å². The second-order valence-corrected chi connectivity index (χ2v) is 8.25. The number of nitrogens with zero attached hydrogens (tertiary/aromatic N) is 2. The number of hydrogen-bond donors (Lipinski definition) is 1. The van der Waals surface area contributed by atoms with Crippen LogP contribution in [0.5, 0.6) is 23.0 Å². The summed E-state index contributed by atoms with van der Waals surface area (Å²) in [6.45, 7) is 0. The molecule has 10 nitrogen and oxygen atoms in total. The molecule has 0 unspecified atom stereocenters. The standard InChI is InChI=1S/C25H18ClN3O7S/c1-34-20-13-19(29(32)33)17(21(26)22(20)35-2)12-18-23(30)27-25(37)28(24(18)31)14-8-10-16(11-9-14)36-15-6-4-3-5-7-15/h3-13H,1-2H3,(H,27,30,37). The summed E-state index contributed by atoms with van der Waals surface area (Å²) in [5.74, 6) is -0.474. The number of para-hydroxylation sites is 1. The molecular formula is C25H18ClN3O7S. The van der Waals surface area contributed by atoms with Gasteiger partial charge in [0.15, 0.2) is 16.6 Å². The van der Waals surface area contributed by atoms with E-state index in [1.165, 1.54) is 14.2 Å². The van der Waals surface area contributed by atoms with E-state index in [4.69, 9.17) is 38.0 Å². The Morgan fingerprint density at radius 1 is 1.03 bits per heavy atom. The first kappa shape index (κ1) is 25.6. The van der Waals surface area contributed by atoms with Gasteiger partial charge in [-0.2, -0.15) is 0 Å². The average Bonchev–Trinajstić information content (AvgIpc) is 2.88. The van der Waals surface area contributed by atoms with Crippen molar-refractivity contribution in [3.63, 3.8) is 0 Å². The summed E-state index contributed by atoms with van der Waals surface area (Å²) >= 11 is 11.6. The number of anilines is 1. The lowest BCUT2D eigenvalue weighted by molar-refractivity contribution is -0.385. The summed E-state index contributed by atoms with van der Waals surface area (Å²) in [7, 11) is 2.60. The number of halogens is 1. The van der Waals surface area contributed by atoms with Gasteiger partial charge in [0, 0.05) is 0 Å². The fourth-order valence-electron chi connectivity index (χ4n) is 3.56. The van der Waals surface area contributed by atoms with Gasteiger partial charge in [-0.25, -0.2) is 0 Å². The van der Waals surface area contributed by atoms with Crippen LogP contribution < -0.4 is 24.4 Å². The number of methoxy groups -OCH3 is 2. The number of nitrogens with one attached hydrogen (secondary N) is 1. The van der Waals surface area contributed by atoms with Crippen LogP contribution in [0.15, 0.2) is 66.2 Å². The van der Waals surface area contributed by atoms with Crippen LogP contribution in [0.2, 0.25) is 5.02 Å². The summed E-state index contributed by atoms with van der Waals surface area (Å²) in [5.41, 5.74) is -0.773. The number of ether oxygens (including phenoxy) is 3. The Morgan fingerprint density at radius 3 is 2.27 bits per heavy atom. The Labute approximate surface area is 221 Å². The lowest BCUT2D eigenvalue weighted by atomic mass is 10.0. The number of amides is 2. The maximum atomic E-state index is 13.4. The third-order valence-corrected chi connectivity index (χ3v) is 5.95. The molecule has 3 aromatic rings. The number of thiocarbonyl (C=S) groups is 1. The lowest BCUT2D eigenvalue weighted by Crippen LogP contribution is -2.54. The van der Waals surface area contributed by atoms with Gasteiger partial charge in [0.25, 0.3) is 17.5 Å². The third kappa shape index (κ3) is 5.08. The van der Waals surface area contributed by atoms with Gasteiger partial charge in [0.1, 0.15) is 22.1 Å². The second kappa shape index (κ2) is 10.6. The molecule has 1 fully saturated rings. The second-order valence-electron chi connectivity index (χ2n) is 7.48. The molecule has 37 heavy (non-hydrogen) atoms. The molecule has 12 heteroatoms. The number of hydrogen-bond acceptors (Lipinski definition) is 8. The van der Waals surface area contributed by atoms with E-state index in [1.807, 2.05) is 18.2 Å². The SMILES string of the molecule is COc1cc([N+](=O)[O-])c(C=C2C(=O)NC(=S)N(c3ccc(Oc4ccccc4)cc3)C2=O)c(Cl)c1OC. The van der Waals surface area contributed by atoms with E-state index in [1.54, 1.807) is 36.4 Å². The first-order chi connectivity index (χ1) is 17.7. The van der Waals surface area contributed by atoms with E-state index in [-0.39, 0.29) is 27.2 Å². The molecule has 0 saturated carbocycles. The molecule has 1 aliphatic heterocycles. The largest absolute Gasteiger partial charge is 0.493 e. The van der Waals surface area contributed by atoms with Gasteiger partial charge in [0.2, 0.25) is 0 Å². The van der Waals surface area contributed by atoms with Crippen molar-refractivity contribution in [3.05, 3.63) is 86.9 Å². The summed E-state index contributed by atoms with van der Waals surface area (Å²) in [4.78, 5) is 38.3. The van der Waals surface area contributed by atoms with E-state index in [0.717, 1.165) is 17.0 Å². The van der Waals surface area contributed by atoms with Gasteiger partial charge in [-0.3, -0.25) is 29.9 Å². The minimum atomic E-state index is -0.838. The minimum absolute atomic E-state index is 0.00617. The summed E-state index contributed by atoms with van der Waals surface area (Å²) in [5, 5.41) is 13.8. The summed E-state index contributed by atoms with van der Waals surface area (Å²) in [6, 6.07) is 16.7. The van der Waals surface area contributed by atoms with Gasteiger partial charge in [-0.05, 0) is 54.7 Å². The van der Waals surface area contributed by atoms with Crippen molar-refractivity contribution in [2.75, 3.05) is 19.1 Å². The normalized spacial score (nSPS) is 14.4. The molecule has 1 aliphatic rings. The van der Waals surface area contributed by atoms with Crippen molar-refractivity contribution < 1.29 is 28.7 Å². The monoisotopic (exact) mass is 539 g/mol. The first-order valence-electron chi connectivity index (χ1n) is 10.6. The number of benzene rings is 3. The summed E-state index contributed by atoms with van der Waals surface area (Å²) < 4.78 is 16.1. The molecule has 0 aromatic heterocycles. The van der Waals surface area contributed by atoms with Gasteiger partial charge in [0.05, 0.1) is 36.5 Å². The highest BCUT2D eigenvalue weighted by Gasteiger charge is 2.36. The third-order valence-electron chi connectivity index (χ3n) is 5.29. The molecule has 1 saturated heterocycles. The Hall–Kier alpha value is -4.48. The zero-order valence-electron chi connectivity index (χ0n) is 19.4. The van der Waals surface area contributed by atoms with Crippen LogP contribution in [0, 0.1) is 10.1 Å². The van der Waals surface area contributed by atoms with Crippen molar-refractivity contribution in [1.29, 1.82) is 0 Å². The Bertz CT molecular complexity index is 1440. The van der Waals surface area contributed by atoms with Crippen LogP contribution in [-0.2, 0) is 9.59 Å². The van der Waals surface area contributed by atoms with Crippen LogP contribution >= 0.6 is 23.8 Å². The van der Waals surface area contributed by atoms with E-state index >= 15 is 0 Å². The number of carbonyl (C=O) groups is 2. The molecule has 0 aliphatic carbocycles. The molecule has 3 aromatic carbocycles. The first-order valence-corrected chi connectivity index (χ1v) is 11.4. The van der Waals surface area contributed by atoms with Crippen molar-refractivity contribution >= 4 is 58.2 Å². The molecule has 2 amide bonds. The number of nitro benzene ring substituents is 1. The number of rotatable bonds is 7. The summed E-state index contributed by atoms with van der Waals surface area (Å²) in [6.07, 6.45) is 1.03. The predicted octanol–water partition coefficient (Wildman–Crippen LogP) is 4.89. The molecule has 0 atom stereocenters. The highest BCUT2D eigenvalue weighted by molar-refractivity contribution is 7.80. The molecule has 0 spiro atoms. The van der Waals surface area contributed by atoms with E-state index < -0.39 is 28.0 Å². The van der Waals surface area contributed by atoms with Gasteiger partial charge < -0.3 is 14.2 Å². The molecule has 1 heterocycles. The Kier molecular flexibility index (Phi) is 7.37. The smallest absolute Gasteiger partial charge is 0.282 e. The van der Waals surface area contributed by atoms with Crippen molar-refractivity contribution in [3.8, 4) is 23.0 Å². The average molecular weight is 540 g/mol. The van der Waals surface area contributed by atoms with E-state index in [9.17, 15) is 19.7 Å². The maximum absolute atomic E-state index is 13.4. The fourth-order valence-corrected chi connectivity index (χ4v) is 4.17.